The van der Waals surface area contributed by atoms with Gasteiger partial charge in [0.2, 0.25) is 10.0 Å². The summed E-state index contributed by atoms with van der Waals surface area (Å²) in [6.45, 7) is 2.24. The fraction of sp³-hybridized carbons (Fsp3) is 0.571. The number of hydrogen-bond donors (Lipinski definition) is 2. The molecule has 3 N–H and O–H groups in total. The maximum absolute atomic E-state index is 13.8. The number of rotatable bonds is 7. The van der Waals surface area contributed by atoms with Crippen LogP contribution in [0.5, 0.6) is 0 Å². The average Bonchev–Trinajstić information content (AvgIpc) is 3.20. The molecular weight excluding hydrogens is 298 g/mol. The molecule has 1 aliphatic carbocycles. The van der Waals surface area contributed by atoms with Gasteiger partial charge in [0.1, 0.15) is 4.90 Å². The molecule has 0 spiro atoms. The van der Waals surface area contributed by atoms with Crippen LogP contribution in [0.4, 0.5) is 8.78 Å². The third-order valence-corrected chi connectivity index (χ3v) is 5.35. The van der Waals surface area contributed by atoms with Crippen molar-refractivity contribution in [2.75, 3.05) is 6.54 Å². The van der Waals surface area contributed by atoms with E-state index in [0.717, 1.165) is 37.8 Å². The van der Waals surface area contributed by atoms with E-state index >= 15 is 0 Å². The van der Waals surface area contributed by atoms with Gasteiger partial charge < -0.3 is 5.73 Å². The molecule has 0 heterocycles. The number of halogens is 2. The van der Waals surface area contributed by atoms with Gasteiger partial charge in [-0.1, -0.05) is 13.3 Å². The average molecular weight is 318 g/mol. The molecular formula is C14H20F2N2O2S. The zero-order chi connectivity index (χ0) is 15.7. The summed E-state index contributed by atoms with van der Waals surface area (Å²) in [5, 5.41) is 0. The van der Waals surface area contributed by atoms with Crippen molar-refractivity contribution in [3.63, 3.8) is 0 Å². The molecule has 0 saturated heterocycles. The van der Waals surface area contributed by atoms with Crippen molar-refractivity contribution >= 4 is 10.0 Å². The predicted octanol–water partition coefficient (Wildman–Crippen LogP) is 2.28. The van der Waals surface area contributed by atoms with Crippen LogP contribution in [-0.2, 0) is 16.6 Å². The van der Waals surface area contributed by atoms with Gasteiger partial charge in [0, 0.05) is 13.1 Å². The Kier molecular flexibility index (Phi) is 4.65. The summed E-state index contributed by atoms with van der Waals surface area (Å²) in [4.78, 5) is -0.671. The van der Waals surface area contributed by atoms with Crippen molar-refractivity contribution in [1.29, 1.82) is 0 Å². The lowest BCUT2D eigenvalue weighted by molar-refractivity contribution is 0.445. The van der Waals surface area contributed by atoms with Crippen LogP contribution in [0.3, 0.4) is 0 Å². The lowest BCUT2D eigenvalue weighted by Gasteiger charge is -2.16. The second kappa shape index (κ2) is 5.98. The molecule has 4 nitrogen and oxygen atoms in total. The van der Waals surface area contributed by atoms with E-state index in [-0.39, 0.29) is 24.1 Å². The Hall–Kier alpha value is -1.05. The molecule has 0 amide bonds. The fourth-order valence-electron chi connectivity index (χ4n) is 2.48. The van der Waals surface area contributed by atoms with Gasteiger partial charge in [0.05, 0.1) is 0 Å². The highest BCUT2D eigenvalue weighted by Gasteiger charge is 2.42. The first-order valence-corrected chi connectivity index (χ1v) is 8.49. The van der Waals surface area contributed by atoms with Gasteiger partial charge in [0.25, 0.3) is 0 Å². The van der Waals surface area contributed by atoms with Gasteiger partial charge in [0.15, 0.2) is 11.6 Å². The Labute approximate surface area is 123 Å². The number of benzene rings is 1. The molecule has 1 aromatic carbocycles. The number of hydrogen-bond acceptors (Lipinski definition) is 3. The molecule has 1 aliphatic rings. The topological polar surface area (TPSA) is 72.2 Å². The quantitative estimate of drug-likeness (QED) is 0.810. The van der Waals surface area contributed by atoms with Crippen molar-refractivity contribution in [1.82, 2.24) is 4.72 Å². The van der Waals surface area contributed by atoms with E-state index in [2.05, 4.69) is 4.72 Å². The fourth-order valence-corrected chi connectivity index (χ4v) is 3.77. The summed E-state index contributed by atoms with van der Waals surface area (Å²) < 4.78 is 54.0. The third-order valence-electron chi connectivity index (χ3n) is 3.95. The van der Waals surface area contributed by atoms with Crippen LogP contribution >= 0.6 is 0 Å². The summed E-state index contributed by atoms with van der Waals surface area (Å²) in [5.41, 5.74) is 5.60. The number of nitrogens with two attached hydrogens (primary N) is 1. The Balaban J connectivity index is 2.22. The van der Waals surface area contributed by atoms with E-state index in [1.54, 1.807) is 0 Å². The minimum Gasteiger partial charge on any atom is -0.326 e. The van der Waals surface area contributed by atoms with Crippen molar-refractivity contribution < 1.29 is 17.2 Å². The minimum absolute atomic E-state index is 0.0116. The molecule has 0 radical (unpaired) electrons. The second-order valence-corrected chi connectivity index (χ2v) is 7.40. The monoisotopic (exact) mass is 318 g/mol. The van der Waals surface area contributed by atoms with Crippen molar-refractivity contribution in [3.05, 3.63) is 29.3 Å². The van der Waals surface area contributed by atoms with Crippen LogP contribution in [0.2, 0.25) is 0 Å². The number of sulfonamides is 1. The van der Waals surface area contributed by atoms with E-state index in [9.17, 15) is 17.2 Å². The van der Waals surface area contributed by atoms with Gasteiger partial charge in [-0.3, -0.25) is 0 Å². The smallest absolute Gasteiger partial charge is 0.243 e. The number of nitrogens with one attached hydrogen (secondary N) is 1. The molecule has 2 rings (SSSR count). The van der Waals surface area contributed by atoms with Gasteiger partial charge in [-0.25, -0.2) is 21.9 Å². The predicted molar refractivity (Wildman–Crippen MR) is 76.0 cm³/mol. The van der Waals surface area contributed by atoms with Gasteiger partial charge in [-0.15, -0.1) is 0 Å². The van der Waals surface area contributed by atoms with Crippen LogP contribution in [0.25, 0.3) is 0 Å². The SMILES string of the molecule is CCCC1(CNS(=O)(=O)c2cc(CN)cc(F)c2F)CC1. The molecule has 118 valence electrons. The van der Waals surface area contributed by atoms with Crippen LogP contribution < -0.4 is 10.5 Å². The molecule has 7 heteroatoms. The van der Waals surface area contributed by atoms with Crippen LogP contribution in [0, 0.1) is 17.0 Å². The van der Waals surface area contributed by atoms with Crippen molar-refractivity contribution in [3.8, 4) is 0 Å². The van der Waals surface area contributed by atoms with E-state index in [1.165, 1.54) is 0 Å². The second-order valence-electron chi connectivity index (χ2n) is 5.67. The highest BCUT2D eigenvalue weighted by molar-refractivity contribution is 7.89. The molecule has 0 aliphatic heterocycles. The maximum Gasteiger partial charge on any atom is 0.243 e. The largest absolute Gasteiger partial charge is 0.326 e. The highest BCUT2D eigenvalue weighted by atomic mass is 32.2. The van der Waals surface area contributed by atoms with Gasteiger partial charge in [-0.2, -0.15) is 0 Å². The Bertz CT molecular complexity index is 628. The molecule has 1 saturated carbocycles. The molecule has 1 fully saturated rings. The summed E-state index contributed by atoms with van der Waals surface area (Å²) in [6, 6.07) is 1.99. The van der Waals surface area contributed by atoms with Crippen LogP contribution in [-0.4, -0.2) is 15.0 Å². The third kappa shape index (κ3) is 3.59. The zero-order valence-corrected chi connectivity index (χ0v) is 12.8. The molecule has 1 aromatic rings. The van der Waals surface area contributed by atoms with E-state index < -0.39 is 26.6 Å². The zero-order valence-electron chi connectivity index (χ0n) is 12.0. The van der Waals surface area contributed by atoms with Gasteiger partial charge in [-0.05, 0) is 42.4 Å². The Morgan fingerprint density at radius 1 is 1.33 bits per heavy atom. The van der Waals surface area contributed by atoms with Crippen molar-refractivity contribution in [2.24, 2.45) is 11.1 Å². The first-order valence-electron chi connectivity index (χ1n) is 7.01. The molecule has 0 aromatic heterocycles. The van der Waals surface area contributed by atoms with Gasteiger partial charge >= 0.3 is 0 Å². The summed E-state index contributed by atoms with van der Waals surface area (Å²) in [7, 11) is -4.08. The molecule has 0 atom stereocenters. The Morgan fingerprint density at radius 3 is 2.52 bits per heavy atom. The van der Waals surface area contributed by atoms with Crippen molar-refractivity contribution in [2.45, 2.75) is 44.0 Å². The Morgan fingerprint density at radius 2 is 2.00 bits per heavy atom. The normalized spacial score (nSPS) is 17.0. The first kappa shape index (κ1) is 16.3. The lowest BCUT2D eigenvalue weighted by atomic mass is 10.0. The summed E-state index contributed by atoms with van der Waals surface area (Å²) in [5.74, 6) is -2.56. The molecule has 0 bridgehead atoms. The highest BCUT2D eigenvalue weighted by Crippen LogP contribution is 2.49. The minimum atomic E-state index is -4.08. The standard InChI is InChI=1S/C14H20F2N2O2S/c1-2-3-14(4-5-14)9-18-21(19,20)12-7-10(8-17)6-11(15)13(12)16/h6-7,18H,2-5,8-9,17H2,1H3. The maximum atomic E-state index is 13.8. The lowest BCUT2D eigenvalue weighted by Crippen LogP contribution is -2.31. The molecule has 0 unspecified atom stereocenters. The first-order chi connectivity index (χ1) is 9.83. The molecule has 21 heavy (non-hydrogen) atoms. The van der Waals surface area contributed by atoms with E-state index in [0.29, 0.717) is 0 Å². The summed E-state index contributed by atoms with van der Waals surface area (Å²) in [6.07, 6.45) is 3.81. The van der Waals surface area contributed by atoms with Crippen LogP contribution in [0.15, 0.2) is 17.0 Å². The van der Waals surface area contributed by atoms with E-state index in [4.69, 9.17) is 5.73 Å². The summed E-state index contributed by atoms with van der Waals surface area (Å²) >= 11 is 0. The van der Waals surface area contributed by atoms with E-state index in [1.807, 2.05) is 6.92 Å². The van der Waals surface area contributed by atoms with Crippen LogP contribution in [0.1, 0.15) is 38.2 Å².